The second-order valence-electron chi connectivity index (χ2n) is 5.19. The van der Waals surface area contributed by atoms with Gasteiger partial charge in [0.25, 0.3) is 0 Å². The van der Waals surface area contributed by atoms with Gasteiger partial charge in [0.15, 0.2) is 0 Å². The molecule has 0 spiro atoms. The summed E-state index contributed by atoms with van der Waals surface area (Å²) < 4.78 is 0. The molecule has 0 bridgehead atoms. The smallest absolute Gasteiger partial charge is 0.00973 e. The topological polar surface area (TPSA) is 0 Å². The van der Waals surface area contributed by atoms with Crippen LogP contribution in [0.1, 0.15) is 32.3 Å². The van der Waals surface area contributed by atoms with E-state index >= 15 is 0 Å². The first-order valence-electron chi connectivity index (χ1n) is 6.63. The van der Waals surface area contributed by atoms with Crippen LogP contribution in [-0.2, 0) is 6.42 Å². The van der Waals surface area contributed by atoms with Crippen molar-refractivity contribution in [1.29, 1.82) is 0 Å². The molecule has 0 saturated carbocycles. The van der Waals surface area contributed by atoms with E-state index in [9.17, 15) is 0 Å². The summed E-state index contributed by atoms with van der Waals surface area (Å²) >= 11 is 0. The van der Waals surface area contributed by atoms with Crippen molar-refractivity contribution in [2.75, 3.05) is 0 Å². The maximum Gasteiger partial charge on any atom is -0.00973 e. The molecule has 0 aliphatic heterocycles. The minimum atomic E-state index is 0.704. The number of allylic oxidation sites excluding steroid dienone is 4. The van der Waals surface area contributed by atoms with Gasteiger partial charge in [0.05, 0.1) is 0 Å². The van der Waals surface area contributed by atoms with Crippen molar-refractivity contribution in [2.24, 2.45) is 11.8 Å². The first kappa shape index (κ1) is 12.2. The van der Waals surface area contributed by atoms with Gasteiger partial charge in [-0.2, -0.15) is 0 Å². The van der Waals surface area contributed by atoms with Crippen LogP contribution in [0, 0.1) is 11.8 Å². The molecule has 0 nitrogen and oxygen atoms in total. The third-order valence-electron chi connectivity index (χ3n) is 3.67. The second kappa shape index (κ2) is 5.86. The Labute approximate surface area is 105 Å². The van der Waals surface area contributed by atoms with Gasteiger partial charge in [-0.3, -0.25) is 0 Å². The van der Waals surface area contributed by atoms with Gasteiger partial charge in [0.2, 0.25) is 0 Å². The molecule has 1 aromatic rings. The number of rotatable bonds is 3. The van der Waals surface area contributed by atoms with E-state index in [0.29, 0.717) is 5.92 Å². The molecule has 1 aliphatic rings. The maximum atomic E-state index is 2.43. The van der Waals surface area contributed by atoms with Gasteiger partial charge in [-0.15, -0.1) is 0 Å². The summed E-state index contributed by atoms with van der Waals surface area (Å²) in [4.78, 5) is 0. The molecular weight excluding hydrogens is 204 g/mol. The van der Waals surface area contributed by atoms with Crippen LogP contribution in [0.25, 0.3) is 0 Å². The molecule has 2 atom stereocenters. The zero-order chi connectivity index (χ0) is 12.1. The molecule has 90 valence electrons. The molecule has 2 unspecified atom stereocenters. The molecule has 1 aromatic carbocycles. The fourth-order valence-corrected chi connectivity index (χ4v) is 2.58. The lowest BCUT2D eigenvalue weighted by Crippen LogP contribution is -2.12. The fourth-order valence-electron chi connectivity index (χ4n) is 2.58. The van der Waals surface area contributed by atoms with Crippen molar-refractivity contribution in [3.8, 4) is 0 Å². The highest BCUT2D eigenvalue weighted by atomic mass is 14.2. The van der Waals surface area contributed by atoms with Gasteiger partial charge in [-0.05, 0) is 43.6 Å². The summed E-state index contributed by atoms with van der Waals surface area (Å²) in [6.45, 7) is 4.58. The van der Waals surface area contributed by atoms with Crippen LogP contribution in [-0.4, -0.2) is 0 Å². The molecule has 0 saturated heterocycles. The van der Waals surface area contributed by atoms with Crippen molar-refractivity contribution in [3.63, 3.8) is 0 Å². The van der Waals surface area contributed by atoms with E-state index in [1.54, 1.807) is 5.57 Å². The summed E-state index contributed by atoms with van der Waals surface area (Å²) in [6.07, 6.45) is 10.8. The van der Waals surface area contributed by atoms with Crippen LogP contribution in [0.4, 0.5) is 0 Å². The number of hydrogen-bond acceptors (Lipinski definition) is 0. The van der Waals surface area contributed by atoms with E-state index in [1.165, 1.54) is 18.4 Å². The Hall–Kier alpha value is -1.30. The summed E-state index contributed by atoms with van der Waals surface area (Å²) in [5.41, 5.74) is 2.96. The highest BCUT2D eigenvalue weighted by Crippen LogP contribution is 2.29. The molecule has 1 aliphatic carbocycles. The van der Waals surface area contributed by atoms with Crippen molar-refractivity contribution in [2.45, 2.75) is 33.1 Å². The van der Waals surface area contributed by atoms with Gasteiger partial charge in [0, 0.05) is 0 Å². The van der Waals surface area contributed by atoms with Crippen molar-refractivity contribution < 1.29 is 0 Å². The molecule has 0 heterocycles. The Morgan fingerprint density at radius 1 is 1.24 bits per heavy atom. The standard InChI is InChI=1S/C17H22/c1-14-11-12-17(15(2)13-14)10-6-9-16-7-4-3-5-8-16/h3-8,10,13,15,17H,9,11-12H2,1-2H3/b10-6+. The Bertz CT molecular complexity index is 397. The summed E-state index contributed by atoms with van der Waals surface area (Å²) in [7, 11) is 0. The molecule has 2 rings (SSSR count). The predicted molar refractivity (Wildman–Crippen MR) is 74.9 cm³/mol. The van der Waals surface area contributed by atoms with Gasteiger partial charge in [-0.25, -0.2) is 0 Å². The van der Waals surface area contributed by atoms with Crippen LogP contribution < -0.4 is 0 Å². The van der Waals surface area contributed by atoms with Crippen molar-refractivity contribution >= 4 is 0 Å². The lowest BCUT2D eigenvalue weighted by Gasteiger charge is -2.24. The highest BCUT2D eigenvalue weighted by molar-refractivity contribution is 5.18. The van der Waals surface area contributed by atoms with Crippen LogP contribution in [0.15, 0.2) is 54.1 Å². The van der Waals surface area contributed by atoms with Gasteiger partial charge >= 0.3 is 0 Å². The van der Waals surface area contributed by atoms with Gasteiger partial charge in [-0.1, -0.05) is 61.1 Å². The number of benzene rings is 1. The predicted octanol–water partition coefficient (Wildman–Crippen LogP) is 4.78. The van der Waals surface area contributed by atoms with Crippen LogP contribution >= 0.6 is 0 Å². The first-order valence-corrected chi connectivity index (χ1v) is 6.63. The van der Waals surface area contributed by atoms with E-state index < -0.39 is 0 Å². The van der Waals surface area contributed by atoms with E-state index in [0.717, 1.165) is 12.3 Å². The van der Waals surface area contributed by atoms with E-state index in [1.807, 2.05) is 0 Å². The van der Waals surface area contributed by atoms with E-state index in [2.05, 4.69) is 62.4 Å². The van der Waals surface area contributed by atoms with Crippen LogP contribution in [0.2, 0.25) is 0 Å². The van der Waals surface area contributed by atoms with Crippen molar-refractivity contribution in [1.82, 2.24) is 0 Å². The third kappa shape index (κ3) is 3.59. The van der Waals surface area contributed by atoms with Crippen molar-refractivity contribution in [3.05, 3.63) is 59.7 Å². The molecule has 0 fully saturated rings. The third-order valence-corrected chi connectivity index (χ3v) is 3.67. The lowest BCUT2D eigenvalue weighted by atomic mass is 9.82. The Morgan fingerprint density at radius 2 is 2.00 bits per heavy atom. The average molecular weight is 226 g/mol. The largest absolute Gasteiger partial charge is 0.0845 e. The first-order chi connectivity index (χ1) is 8.25. The monoisotopic (exact) mass is 226 g/mol. The SMILES string of the molecule is CC1=CC(C)C(/C=C/Cc2ccccc2)CC1. The molecular formula is C17H22. The van der Waals surface area contributed by atoms with Gasteiger partial charge < -0.3 is 0 Å². The quantitative estimate of drug-likeness (QED) is 0.651. The zero-order valence-corrected chi connectivity index (χ0v) is 10.9. The minimum Gasteiger partial charge on any atom is -0.0845 e. The summed E-state index contributed by atoms with van der Waals surface area (Å²) in [6, 6.07) is 10.7. The molecule has 0 amide bonds. The Balaban J connectivity index is 1.89. The van der Waals surface area contributed by atoms with E-state index in [4.69, 9.17) is 0 Å². The highest BCUT2D eigenvalue weighted by Gasteiger charge is 2.16. The second-order valence-corrected chi connectivity index (χ2v) is 5.19. The average Bonchev–Trinajstić information content (AvgIpc) is 2.33. The molecule has 0 N–H and O–H groups in total. The zero-order valence-electron chi connectivity index (χ0n) is 10.9. The van der Waals surface area contributed by atoms with Gasteiger partial charge in [0.1, 0.15) is 0 Å². The summed E-state index contributed by atoms with van der Waals surface area (Å²) in [5, 5.41) is 0. The summed E-state index contributed by atoms with van der Waals surface area (Å²) in [5.74, 6) is 1.44. The van der Waals surface area contributed by atoms with Crippen LogP contribution in [0.5, 0.6) is 0 Å². The van der Waals surface area contributed by atoms with E-state index in [-0.39, 0.29) is 0 Å². The number of hydrogen-bond donors (Lipinski definition) is 0. The molecule has 0 radical (unpaired) electrons. The molecule has 0 heteroatoms. The Kier molecular flexibility index (Phi) is 4.19. The van der Waals surface area contributed by atoms with Crippen LogP contribution in [0.3, 0.4) is 0 Å². The lowest BCUT2D eigenvalue weighted by molar-refractivity contribution is 0.448. The maximum absolute atomic E-state index is 2.43. The normalized spacial score (nSPS) is 24.9. The Morgan fingerprint density at radius 3 is 2.71 bits per heavy atom. The fraction of sp³-hybridized carbons (Fsp3) is 0.412. The molecule has 17 heavy (non-hydrogen) atoms. The molecule has 0 aromatic heterocycles. The minimum absolute atomic E-state index is 0.704.